The van der Waals surface area contributed by atoms with Crippen molar-refractivity contribution in [3.63, 3.8) is 0 Å². The van der Waals surface area contributed by atoms with E-state index in [1.54, 1.807) is 25.1 Å². The Labute approximate surface area is 184 Å². The molecule has 11 nitrogen and oxygen atoms in total. The number of amides is 1. The van der Waals surface area contributed by atoms with Crippen LogP contribution in [0.5, 0.6) is 11.5 Å². The van der Waals surface area contributed by atoms with Crippen molar-refractivity contribution < 1.29 is 23.9 Å². The Bertz CT molecular complexity index is 1410. The van der Waals surface area contributed by atoms with Gasteiger partial charge in [-0.25, -0.2) is 4.98 Å². The summed E-state index contributed by atoms with van der Waals surface area (Å²) in [5.74, 6) is 1.07. The molecule has 1 aliphatic heterocycles. The number of hydrogen-bond acceptors (Lipinski definition) is 10. The van der Waals surface area contributed by atoms with Gasteiger partial charge in [0.2, 0.25) is 12.7 Å². The second kappa shape index (κ2) is 7.73. The van der Waals surface area contributed by atoms with Gasteiger partial charge in [-0.15, -0.1) is 11.3 Å². The number of carbonyl (C=O) groups is 1. The Hall–Kier alpha value is -3.77. The predicted molar refractivity (Wildman–Crippen MR) is 112 cm³/mol. The highest BCUT2D eigenvalue weighted by Gasteiger charge is 2.20. The van der Waals surface area contributed by atoms with Gasteiger partial charge in [0.25, 0.3) is 11.5 Å². The highest BCUT2D eigenvalue weighted by Crippen LogP contribution is 2.34. The fraction of sp³-hybridized carbons (Fsp3) is 0.250. The number of aromatic nitrogens is 4. The third kappa shape index (κ3) is 3.48. The van der Waals surface area contributed by atoms with Crippen LogP contribution < -0.4 is 20.8 Å². The van der Waals surface area contributed by atoms with Crippen molar-refractivity contribution in [1.82, 2.24) is 19.7 Å². The lowest BCUT2D eigenvalue weighted by molar-refractivity contribution is 0.100. The Kier molecular flexibility index (Phi) is 4.87. The molecule has 0 aliphatic carbocycles. The number of nitrogens with two attached hydrogens (primary N) is 1. The molecule has 164 valence electrons. The average Bonchev–Trinajstić information content (AvgIpc) is 3.48. The van der Waals surface area contributed by atoms with E-state index in [1.807, 2.05) is 0 Å². The summed E-state index contributed by atoms with van der Waals surface area (Å²) in [6, 6.07) is 5.18. The second-order valence-electron chi connectivity index (χ2n) is 7.22. The van der Waals surface area contributed by atoms with Crippen molar-refractivity contribution >= 4 is 27.5 Å². The van der Waals surface area contributed by atoms with Gasteiger partial charge in [0, 0.05) is 6.42 Å². The lowest BCUT2D eigenvalue weighted by atomic mass is 10.1. The first kappa shape index (κ1) is 20.2. The van der Waals surface area contributed by atoms with Crippen LogP contribution in [-0.2, 0) is 13.0 Å². The third-order valence-corrected chi connectivity index (χ3v) is 6.33. The minimum atomic E-state index is -0.878. The highest BCUT2D eigenvalue weighted by molar-refractivity contribution is 7.20. The lowest BCUT2D eigenvalue weighted by Gasteiger charge is -2.09. The molecule has 5 rings (SSSR count). The van der Waals surface area contributed by atoms with Crippen LogP contribution in [0.4, 0.5) is 0 Å². The van der Waals surface area contributed by atoms with Crippen molar-refractivity contribution in [2.24, 2.45) is 5.73 Å². The summed E-state index contributed by atoms with van der Waals surface area (Å²) in [5, 5.41) is 14.8. The van der Waals surface area contributed by atoms with E-state index in [9.17, 15) is 14.7 Å². The number of rotatable bonds is 6. The maximum atomic E-state index is 12.9. The van der Waals surface area contributed by atoms with E-state index in [0.29, 0.717) is 37.7 Å². The SMILES string of the molecule is Cc1c(C(N)=O)sc2ncn(Cc3nc(C[C@H](O)c4ccc5c(c4)OCO5)no3)c(=O)c12. The molecular formula is C20H17N5O6S. The molecule has 0 spiro atoms. The number of nitrogens with zero attached hydrogens (tertiary/aromatic N) is 4. The zero-order valence-electron chi connectivity index (χ0n) is 16.8. The summed E-state index contributed by atoms with van der Waals surface area (Å²) in [7, 11) is 0. The van der Waals surface area contributed by atoms with Gasteiger partial charge in [-0.2, -0.15) is 4.98 Å². The minimum Gasteiger partial charge on any atom is -0.454 e. The average molecular weight is 455 g/mol. The third-order valence-electron chi connectivity index (χ3n) is 5.11. The van der Waals surface area contributed by atoms with Crippen molar-refractivity contribution in [2.75, 3.05) is 6.79 Å². The zero-order valence-corrected chi connectivity index (χ0v) is 17.6. The van der Waals surface area contributed by atoms with Crippen LogP contribution >= 0.6 is 11.3 Å². The van der Waals surface area contributed by atoms with Crippen molar-refractivity contribution in [1.29, 1.82) is 0 Å². The number of fused-ring (bicyclic) bond motifs is 2. The van der Waals surface area contributed by atoms with Crippen molar-refractivity contribution in [3.8, 4) is 11.5 Å². The van der Waals surface area contributed by atoms with Gasteiger partial charge in [-0.05, 0) is 30.2 Å². The number of aliphatic hydroxyl groups excluding tert-OH is 1. The maximum Gasteiger partial charge on any atom is 0.262 e. The number of primary amides is 1. The molecular weight excluding hydrogens is 438 g/mol. The fourth-order valence-electron chi connectivity index (χ4n) is 3.50. The van der Waals surface area contributed by atoms with Crippen LogP contribution in [0.15, 0.2) is 33.8 Å². The number of hydrogen-bond donors (Lipinski definition) is 2. The molecule has 1 atom stereocenters. The van der Waals surface area contributed by atoms with E-state index >= 15 is 0 Å². The number of aliphatic hydroxyl groups is 1. The van der Waals surface area contributed by atoms with Crippen molar-refractivity contribution in [3.05, 3.63) is 62.6 Å². The molecule has 1 aromatic carbocycles. The van der Waals surface area contributed by atoms with Gasteiger partial charge in [-0.3, -0.25) is 14.2 Å². The Morgan fingerprint density at radius 1 is 1.34 bits per heavy atom. The second-order valence-corrected chi connectivity index (χ2v) is 8.21. The highest BCUT2D eigenvalue weighted by atomic mass is 32.1. The molecule has 3 N–H and O–H groups in total. The molecule has 0 saturated heterocycles. The number of aryl methyl sites for hydroxylation is 1. The van der Waals surface area contributed by atoms with E-state index in [2.05, 4.69) is 15.1 Å². The molecule has 0 unspecified atom stereocenters. The van der Waals surface area contributed by atoms with Gasteiger partial charge in [-0.1, -0.05) is 11.2 Å². The van der Waals surface area contributed by atoms with E-state index in [0.717, 1.165) is 11.3 Å². The summed E-state index contributed by atoms with van der Waals surface area (Å²) in [4.78, 5) is 33.7. The van der Waals surface area contributed by atoms with Gasteiger partial charge < -0.3 is 24.8 Å². The first-order valence-corrected chi connectivity index (χ1v) is 10.4. The predicted octanol–water partition coefficient (Wildman–Crippen LogP) is 1.30. The summed E-state index contributed by atoms with van der Waals surface area (Å²) >= 11 is 1.08. The van der Waals surface area contributed by atoms with E-state index in [-0.39, 0.29) is 37.0 Å². The smallest absolute Gasteiger partial charge is 0.262 e. The van der Waals surface area contributed by atoms with Gasteiger partial charge in [0.1, 0.15) is 11.4 Å². The minimum absolute atomic E-state index is 0.00388. The zero-order chi connectivity index (χ0) is 22.4. The Balaban J connectivity index is 1.34. The molecule has 32 heavy (non-hydrogen) atoms. The molecule has 1 amide bonds. The van der Waals surface area contributed by atoms with E-state index in [4.69, 9.17) is 19.7 Å². The van der Waals surface area contributed by atoms with Gasteiger partial charge in [0.15, 0.2) is 17.3 Å². The molecule has 1 aliphatic rings. The Morgan fingerprint density at radius 2 is 2.16 bits per heavy atom. The molecule has 0 radical (unpaired) electrons. The molecule has 3 aromatic heterocycles. The summed E-state index contributed by atoms with van der Waals surface area (Å²) < 4.78 is 17.2. The van der Waals surface area contributed by atoms with Crippen LogP contribution in [0.2, 0.25) is 0 Å². The summed E-state index contributed by atoms with van der Waals surface area (Å²) in [5.41, 5.74) is 6.16. The molecule has 12 heteroatoms. The Morgan fingerprint density at radius 3 is 2.97 bits per heavy atom. The number of benzene rings is 1. The van der Waals surface area contributed by atoms with Crippen molar-refractivity contribution in [2.45, 2.75) is 26.0 Å². The summed E-state index contributed by atoms with van der Waals surface area (Å²) in [6.45, 7) is 1.81. The molecule has 0 bridgehead atoms. The topological polar surface area (TPSA) is 156 Å². The molecule has 4 heterocycles. The molecule has 0 fully saturated rings. The largest absolute Gasteiger partial charge is 0.454 e. The van der Waals surface area contributed by atoms with Gasteiger partial charge in [0.05, 0.1) is 22.7 Å². The van der Waals surface area contributed by atoms with E-state index < -0.39 is 12.0 Å². The number of carbonyl (C=O) groups excluding carboxylic acids is 1. The van der Waals surface area contributed by atoms with Gasteiger partial charge >= 0.3 is 0 Å². The van der Waals surface area contributed by atoms with Crippen LogP contribution in [0.3, 0.4) is 0 Å². The van der Waals surface area contributed by atoms with Crippen LogP contribution in [0, 0.1) is 6.92 Å². The maximum absolute atomic E-state index is 12.9. The summed E-state index contributed by atoms with van der Waals surface area (Å²) in [6.07, 6.45) is 0.592. The standard InChI is InChI=1S/C20H17N5O6S/c1-9-16-19(32-17(9)18(21)27)22-7-25(20(16)28)6-15-23-14(24-31-15)5-11(26)10-2-3-12-13(4-10)30-8-29-12/h2-4,7,11,26H,5-6,8H2,1H3,(H2,21,27)/t11-/m0/s1. The number of ether oxygens (including phenoxy) is 2. The normalized spacial score (nSPS) is 13.6. The number of thiophene rings is 1. The lowest BCUT2D eigenvalue weighted by Crippen LogP contribution is -2.21. The van der Waals surface area contributed by atoms with Crippen LogP contribution in [0.1, 0.15) is 38.6 Å². The first-order chi connectivity index (χ1) is 15.4. The monoisotopic (exact) mass is 455 g/mol. The fourth-order valence-corrected chi connectivity index (χ4v) is 4.49. The molecule has 4 aromatic rings. The van der Waals surface area contributed by atoms with Crippen LogP contribution in [-0.4, -0.2) is 37.5 Å². The molecule has 0 saturated carbocycles. The quantitative estimate of drug-likeness (QED) is 0.437. The van der Waals surface area contributed by atoms with Crippen LogP contribution in [0.25, 0.3) is 10.2 Å². The first-order valence-electron chi connectivity index (χ1n) is 9.58. The van der Waals surface area contributed by atoms with E-state index in [1.165, 1.54) is 10.9 Å².